The van der Waals surface area contributed by atoms with Gasteiger partial charge < -0.3 is 25.6 Å². The summed E-state index contributed by atoms with van der Waals surface area (Å²) in [5.41, 5.74) is 2.59. The molecule has 3 N–H and O–H groups in total. The molecule has 0 saturated carbocycles. The van der Waals surface area contributed by atoms with E-state index in [0.717, 1.165) is 57.1 Å². The number of alkyl halides is 4. The number of hydrogen-bond acceptors (Lipinski definition) is 10. The van der Waals surface area contributed by atoms with Crippen LogP contribution in [0, 0.1) is 23.0 Å². The van der Waals surface area contributed by atoms with Crippen molar-refractivity contribution in [1.82, 2.24) is 24.7 Å². The number of halogens is 6. The van der Waals surface area contributed by atoms with Gasteiger partial charge in [-0.15, -0.1) is 11.3 Å². The Hall–Kier alpha value is -4.40. The number of thiophene rings is 1. The molecule has 54 heavy (non-hydrogen) atoms. The van der Waals surface area contributed by atoms with Gasteiger partial charge in [-0.3, -0.25) is 9.69 Å². The molecule has 5 heterocycles. The van der Waals surface area contributed by atoms with E-state index < -0.39 is 40.6 Å². The van der Waals surface area contributed by atoms with Crippen molar-refractivity contribution in [3.63, 3.8) is 0 Å². The first-order chi connectivity index (χ1) is 25.7. The van der Waals surface area contributed by atoms with E-state index >= 15 is 4.39 Å². The summed E-state index contributed by atoms with van der Waals surface area (Å²) in [7, 11) is 5.37. The smallest absolute Gasteiger partial charge is 0.417 e. The number of likely N-dealkylation sites (tertiary alicyclic amines) is 1. The molecule has 10 nitrogen and oxygen atoms in total. The number of aromatic nitrogens is 2. The Kier molecular flexibility index (Phi) is 13.1. The van der Waals surface area contributed by atoms with E-state index in [9.17, 15) is 32.0 Å². The van der Waals surface area contributed by atoms with E-state index in [0.29, 0.717) is 30.0 Å². The second-order valence-corrected chi connectivity index (χ2v) is 14.8. The van der Waals surface area contributed by atoms with E-state index in [2.05, 4.69) is 39.2 Å². The number of anilines is 2. The van der Waals surface area contributed by atoms with Crippen LogP contribution >= 0.6 is 11.3 Å². The van der Waals surface area contributed by atoms with Crippen LogP contribution in [0.25, 0.3) is 32.1 Å². The number of methoxy groups -OCH3 is 1. The summed E-state index contributed by atoms with van der Waals surface area (Å²) in [5.74, 6) is -2.15. The molecule has 1 amide bonds. The molecule has 2 aromatic heterocycles. The van der Waals surface area contributed by atoms with Crippen molar-refractivity contribution in [3.05, 3.63) is 41.0 Å². The predicted molar refractivity (Wildman–Crippen MR) is 198 cm³/mol. The molecule has 0 radical (unpaired) electrons. The maximum atomic E-state index is 15.9. The van der Waals surface area contributed by atoms with Crippen LogP contribution in [0.1, 0.15) is 56.6 Å². The molecule has 2 aromatic carbocycles. The van der Waals surface area contributed by atoms with Crippen molar-refractivity contribution in [2.75, 3.05) is 65.0 Å². The van der Waals surface area contributed by atoms with Crippen LogP contribution in [0.2, 0.25) is 0 Å². The Balaban J connectivity index is 0.000000215. The number of nitrogens with zero attached hydrogens (tertiary/aromatic N) is 6. The van der Waals surface area contributed by atoms with E-state index in [1.165, 1.54) is 32.8 Å². The Morgan fingerprint density at radius 1 is 1.19 bits per heavy atom. The van der Waals surface area contributed by atoms with Gasteiger partial charge >= 0.3 is 12.2 Å². The van der Waals surface area contributed by atoms with E-state index in [4.69, 9.17) is 10.5 Å². The van der Waals surface area contributed by atoms with Crippen LogP contribution in [-0.2, 0) is 11.0 Å². The summed E-state index contributed by atoms with van der Waals surface area (Å²) in [6, 6.07) is 5.25. The number of ether oxygens (including phenoxy) is 1. The summed E-state index contributed by atoms with van der Waals surface area (Å²) >= 11 is 0.698. The SMILES string of the molecule is CCNc1nc(OC)nc2c(F)c(-c3ccc(F)c4sc(N)c(C#N)c34)c(C(F)(F)F)cc12.CN(C)CCC1CCCN1C=O.FC1CC2CCCN2C1. The molecule has 17 heteroatoms. The quantitative estimate of drug-likeness (QED) is 0.139. The van der Waals surface area contributed by atoms with Gasteiger partial charge in [0.15, 0.2) is 5.82 Å². The van der Waals surface area contributed by atoms with Gasteiger partial charge in [0.25, 0.3) is 0 Å². The molecule has 3 saturated heterocycles. The minimum Gasteiger partial charge on any atom is -0.467 e. The van der Waals surface area contributed by atoms with E-state index in [-0.39, 0.29) is 50.0 Å². The lowest BCUT2D eigenvalue weighted by atomic mass is 9.92. The van der Waals surface area contributed by atoms with Gasteiger partial charge in [-0.1, -0.05) is 6.07 Å². The highest BCUT2D eigenvalue weighted by Gasteiger charge is 2.38. The third kappa shape index (κ3) is 8.76. The molecule has 0 bridgehead atoms. The van der Waals surface area contributed by atoms with Crippen molar-refractivity contribution in [2.45, 2.75) is 69.9 Å². The van der Waals surface area contributed by atoms with Crippen LogP contribution < -0.4 is 15.8 Å². The number of nitrogens with two attached hydrogens (primary N) is 1. The number of fused-ring (bicyclic) bond motifs is 3. The number of rotatable bonds is 8. The number of carbonyl (C=O) groups excluding carboxylic acids is 1. The fourth-order valence-electron chi connectivity index (χ4n) is 7.34. The average Bonchev–Trinajstić information content (AvgIpc) is 3.92. The Labute approximate surface area is 313 Å². The van der Waals surface area contributed by atoms with Gasteiger partial charge in [0.05, 0.1) is 22.9 Å². The van der Waals surface area contributed by atoms with Gasteiger partial charge in [0.2, 0.25) is 6.41 Å². The van der Waals surface area contributed by atoms with Crippen LogP contribution in [-0.4, -0.2) is 103 Å². The number of nitrogens with one attached hydrogen (secondary N) is 1. The maximum absolute atomic E-state index is 15.9. The molecule has 3 aliphatic rings. The largest absolute Gasteiger partial charge is 0.467 e. The second kappa shape index (κ2) is 17.4. The second-order valence-electron chi connectivity index (χ2n) is 13.7. The summed E-state index contributed by atoms with van der Waals surface area (Å²) in [6.45, 7) is 5.88. The molecule has 292 valence electrons. The molecule has 0 aliphatic carbocycles. The molecule has 3 fully saturated rings. The Morgan fingerprint density at radius 3 is 2.56 bits per heavy atom. The van der Waals surface area contributed by atoms with Gasteiger partial charge in [-0.05, 0) is 90.3 Å². The van der Waals surface area contributed by atoms with Gasteiger partial charge in [-0.2, -0.15) is 28.4 Å². The molecule has 3 atom stereocenters. The summed E-state index contributed by atoms with van der Waals surface area (Å²) in [4.78, 5) is 24.9. The van der Waals surface area contributed by atoms with Crippen LogP contribution in [0.3, 0.4) is 0 Å². The molecule has 7 rings (SSSR count). The van der Waals surface area contributed by atoms with Gasteiger partial charge in [-0.25, -0.2) is 13.2 Å². The Bertz CT molecular complexity index is 1990. The highest BCUT2D eigenvalue weighted by Crippen LogP contribution is 2.47. The summed E-state index contributed by atoms with van der Waals surface area (Å²) in [5, 5.41) is 11.8. The zero-order chi connectivity index (χ0) is 39.3. The topological polar surface area (TPSA) is 124 Å². The lowest BCUT2D eigenvalue weighted by molar-refractivity contribution is -0.137. The Morgan fingerprint density at radius 2 is 1.93 bits per heavy atom. The maximum Gasteiger partial charge on any atom is 0.417 e. The highest BCUT2D eigenvalue weighted by molar-refractivity contribution is 7.23. The summed E-state index contributed by atoms with van der Waals surface area (Å²) < 4.78 is 90.2. The van der Waals surface area contributed by atoms with Gasteiger partial charge in [0.1, 0.15) is 34.4 Å². The monoisotopic (exact) mass is 778 g/mol. The molecule has 3 unspecified atom stereocenters. The predicted octanol–water partition coefficient (Wildman–Crippen LogP) is 7.45. The van der Waals surface area contributed by atoms with Crippen molar-refractivity contribution < 1.29 is 35.9 Å². The minimum absolute atomic E-state index is 0.0444. The number of carbonyl (C=O) groups is 1. The van der Waals surface area contributed by atoms with Crippen molar-refractivity contribution in [1.29, 1.82) is 5.26 Å². The molecular formula is C37H44F6N8O2S. The molecule has 0 spiro atoms. The first kappa shape index (κ1) is 40.8. The van der Waals surface area contributed by atoms with Crippen LogP contribution in [0.4, 0.5) is 37.2 Å². The fraction of sp³-hybridized carbons (Fsp3) is 0.514. The third-order valence-corrected chi connectivity index (χ3v) is 10.9. The molecule has 3 aliphatic heterocycles. The number of nitriles is 1. The minimum atomic E-state index is -5.00. The van der Waals surface area contributed by atoms with Crippen LogP contribution in [0.15, 0.2) is 18.2 Å². The fourth-order valence-corrected chi connectivity index (χ4v) is 8.29. The standard InChI is InChI=1S/C21H14F5N5OS.C9H18N2O.C7H12FN/c1-3-29-19-9-6-11(21(24,25)26)14(15(23)16(9)30-20(31-19)32-2)8-4-5-12(22)17-13(8)10(7-27)18(28)33-17;1-10(2)7-5-9-4-3-6-11(9)8-12;8-6-4-7-2-1-3-9(7)5-6/h4-6H,3,28H2,1-2H3,(H,29,30,31);8-9H,3-7H2,1-2H3;6-7H,1-5H2. The number of nitrogen functional groups attached to an aromatic ring is 1. The van der Waals surface area contributed by atoms with Crippen molar-refractivity contribution in [3.8, 4) is 23.2 Å². The third-order valence-electron chi connectivity index (χ3n) is 9.87. The van der Waals surface area contributed by atoms with Gasteiger partial charge in [0, 0.05) is 48.1 Å². The molecular weight excluding hydrogens is 735 g/mol. The molecule has 4 aromatic rings. The average molecular weight is 779 g/mol. The van der Waals surface area contributed by atoms with E-state index in [1.54, 1.807) is 13.0 Å². The number of benzene rings is 2. The number of amides is 1. The zero-order valence-electron chi connectivity index (χ0n) is 30.6. The lowest BCUT2D eigenvalue weighted by Crippen LogP contribution is -2.30. The van der Waals surface area contributed by atoms with Crippen LogP contribution in [0.5, 0.6) is 6.01 Å². The normalized spacial score (nSPS) is 19.7. The summed E-state index contributed by atoms with van der Waals surface area (Å²) in [6.07, 6.45) is 2.29. The van der Waals surface area contributed by atoms with Crippen molar-refractivity contribution in [2.24, 2.45) is 0 Å². The zero-order valence-corrected chi connectivity index (χ0v) is 31.4. The highest BCUT2D eigenvalue weighted by atomic mass is 32.1. The number of hydrogen-bond donors (Lipinski definition) is 2. The first-order valence-electron chi connectivity index (χ1n) is 17.8. The first-order valence-corrected chi connectivity index (χ1v) is 18.6. The van der Waals surface area contributed by atoms with E-state index in [1.807, 2.05) is 4.90 Å². The lowest BCUT2D eigenvalue weighted by Gasteiger charge is -2.21. The van der Waals surface area contributed by atoms with Crippen molar-refractivity contribution >= 4 is 49.6 Å².